The van der Waals surface area contributed by atoms with Crippen LogP contribution in [0.2, 0.25) is 0 Å². The van der Waals surface area contributed by atoms with E-state index in [-0.39, 0.29) is 5.97 Å². The molecule has 1 heterocycles. The molecule has 0 aromatic rings. The molecule has 0 N–H and O–H groups in total. The maximum absolute atomic E-state index is 11.5. The Morgan fingerprint density at radius 1 is 0.920 bits per heavy atom. The molecule has 0 aliphatic carbocycles. The average molecular weight is 353 g/mol. The summed E-state index contributed by atoms with van der Waals surface area (Å²) in [6.07, 6.45) is 23.1. The van der Waals surface area contributed by atoms with Crippen molar-refractivity contribution in [3.63, 3.8) is 0 Å². The van der Waals surface area contributed by atoms with Gasteiger partial charge in [-0.2, -0.15) is 0 Å². The molecule has 1 aliphatic rings. The predicted molar refractivity (Wildman–Crippen MR) is 105 cm³/mol. The molecule has 0 bridgehead atoms. The second kappa shape index (κ2) is 16.6. The summed E-state index contributed by atoms with van der Waals surface area (Å²) in [5, 5.41) is 0. The van der Waals surface area contributed by atoms with Crippen LogP contribution in [0.15, 0.2) is 12.2 Å². The SMILES string of the molecule is CCCCCCCCC=CCCCCCCCC(=O)OCCC1CO1. The minimum atomic E-state index is -0.0433. The molecular weight excluding hydrogens is 312 g/mol. The van der Waals surface area contributed by atoms with Crippen molar-refractivity contribution in [1.82, 2.24) is 0 Å². The second-order valence-corrected chi connectivity index (χ2v) is 7.30. The van der Waals surface area contributed by atoms with E-state index in [9.17, 15) is 4.79 Å². The topological polar surface area (TPSA) is 38.8 Å². The van der Waals surface area contributed by atoms with Gasteiger partial charge in [-0.15, -0.1) is 0 Å². The molecule has 0 radical (unpaired) electrons. The highest BCUT2D eigenvalue weighted by Crippen LogP contribution is 2.13. The fourth-order valence-electron chi connectivity index (χ4n) is 2.95. The molecule has 0 aromatic heterocycles. The van der Waals surface area contributed by atoms with E-state index in [4.69, 9.17) is 9.47 Å². The predicted octanol–water partition coefficient (Wildman–Crippen LogP) is 6.36. The van der Waals surface area contributed by atoms with E-state index >= 15 is 0 Å². The summed E-state index contributed by atoms with van der Waals surface area (Å²) in [5.41, 5.74) is 0. The lowest BCUT2D eigenvalue weighted by Crippen LogP contribution is -2.07. The Morgan fingerprint density at radius 2 is 1.48 bits per heavy atom. The Kier molecular flexibility index (Phi) is 14.8. The monoisotopic (exact) mass is 352 g/mol. The highest BCUT2D eigenvalue weighted by molar-refractivity contribution is 5.69. The van der Waals surface area contributed by atoms with Gasteiger partial charge in [0, 0.05) is 12.8 Å². The van der Waals surface area contributed by atoms with Crippen molar-refractivity contribution >= 4 is 5.97 Å². The summed E-state index contributed by atoms with van der Waals surface area (Å²) in [7, 11) is 0. The van der Waals surface area contributed by atoms with Crippen molar-refractivity contribution in [2.45, 2.75) is 109 Å². The lowest BCUT2D eigenvalue weighted by atomic mass is 10.1. The summed E-state index contributed by atoms with van der Waals surface area (Å²) >= 11 is 0. The van der Waals surface area contributed by atoms with Gasteiger partial charge >= 0.3 is 5.97 Å². The molecule has 25 heavy (non-hydrogen) atoms. The van der Waals surface area contributed by atoms with Crippen molar-refractivity contribution in [3.05, 3.63) is 12.2 Å². The Bertz CT molecular complexity index is 334. The van der Waals surface area contributed by atoms with Crippen LogP contribution < -0.4 is 0 Å². The first kappa shape index (κ1) is 22.2. The number of hydrogen-bond donors (Lipinski definition) is 0. The van der Waals surface area contributed by atoms with Gasteiger partial charge < -0.3 is 9.47 Å². The minimum absolute atomic E-state index is 0.0433. The Hall–Kier alpha value is -0.830. The van der Waals surface area contributed by atoms with Crippen molar-refractivity contribution in [1.29, 1.82) is 0 Å². The standard InChI is InChI=1S/C22H40O3/c1-2-3-4-5-6-7-8-9-10-11-12-13-14-15-16-17-22(23)24-19-18-21-20-25-21/h9-10,21H,2-8,11-20H2,1H3. The van der Waals surface area contributed by atoms with Gasteiger partial charge in [-0.1, -0.05) is 70.4 Å². The molecule has 1 rings (SSSR count). The number of unbranched alkanes of at least 4 members (excludes halogenated alkanes) is 11. The van der Waals surface area contributed by atoms with Crippen molar-refractivity contribution in [2.75, 3.05) is 13.2 Å². The number of ether oxygens (including phenoxy) is 2. The van der Waals surface area contributed by atoms with Gasteiger partial charge in [-0.05, 0) is 32.1 Å². The minimum Gasteiger partial charge on any atom is -0.466 e. The first-order valence-electron chi connectivity index (χ1n) is 10.7. The molecule has 1 fully saturated rings. The quantitative estimate of drug-likeness (QED) is 0.125. The Balaban J connectivity index is 1.72. The molecule has 3 heteroatoms. The van der Waals surface area contributed by atoms with Crippen molar-refractivity contribution < 1.29 is 14.3 Å². The van der Waals surface area contributed by atoms with E-state index in [0.717, 1.165) is 25.9 Å². The molecule has 3 nitrogen and oxygen atoms in total. The zero-order valence-corrected chi connectivity index (χ0v) is 16.5. The van der Waals surface area contributed by atoms with Crippen molar-refractivity contribution in [2.24, 2.45) is 0 Å². The lowest BCUT2D eigenvalue weighted by Gasteiger charge is -2.03. The van der Waals surface area contributed by atoms with Crippen LogP contribution in [0.1, 0.15) is 103 Å². The van der Waals surface area contributed by atoms with E-state index < -0.39 is 0 Å². The average Bonchev–Trinajstić information content (AvgIpc) is 3.42. The smallest absolute Gasteiger partial charge is 0.305 e. The molecule has 0 aromatic carbocycles. The van der Waals surface area contributed by atoms with E-state index in [2.05, 4.69) is 19.1 Å². The largest absolute Gasteiger partial charge is 0.466 e. The van der Waals surface area contributed by atoms with E-state index in [1.807, 2.05) is 0 Å². The third kappa shape index (κ3) is 16.4. The highest BCUT2D eigenvalue weighted by Gasteiger charge is 2.22. The summed E-state index contributed by atoms with van der Waals surface area (Å²) in [6, 6.07) is 0. The lowest BCUT2D eigenvalue weighted by molar-refractivity contribution is -0.143. The number of allylic oxidation sites excluding steroid dienone is 2. The molecule has 0 spiro atoms. The molecule has 1 saturated heterocycles. The zero-order valence-electron chi connectivity index (χ0n) is 16.5. The van der Waals surface area contributed by atoms with Gasteiger partial charge in [0.15, 0.2) is 0 Å². The van der Waals surface area contributed by atoms with Gasteiger partial charge in [0.1, 0.15) is 0 Å². The number of esters is 1. The summed E-state index contributed by atoms with van der Waals surface area (Å²) < 4.78 is 10.3. The van der Waals surface area contributed by atoms with E-state index in [1.54, 1.807) is 0 Å². The van der Waals surface area contributed by atoms with Crippen LogP contribution in [0, 0.1) is 0 Å². The van der Waals surface area contributed by atoms with Crippen LogP contribution in [-0.4, -0.2) is 25.3 Å². The maximum Gasteiger partial charge on any atom is 0.305 e. The number of carbonyl (C=O) groups is 1. The molecular formula is C22H40O3. The van der Waals surface area contributed by atoms with Crippen LogP contribution in [0.25, 0.3) is 0 Å². The Morgan fingerprint density at radius 3 is 2.08 bits per heavy atom. The fourth-order valence-corrected chi connectivity index (χ4v) is 2.95. The first-order chi connectivity index (χ1) is 12.3. The summed E-state index contributed by atoms with van der Waals surface area (Å²) in [6.45, 7) is 3.63. The van der Waals surface area contributed by atoms with Gasteiger partial charge in [-0.25, -0.2) is 0 Å². The van der Waals surface area contributed by atoms with Gasteiger partial charge in [0.05, 0.1) is 19.3 Å². The molecule has 1 aliphatic heterocycles. The number of carbonyl (C=O) groups excluding carboxylic acids is 1. The second-order valence-electron chi connectivity index (χ2n) is 7.30. The van der Waals surface area contributed by atoms with Gasteiger partial charge in [-0.3, -0.25) is 4.79 Å². The first-order valence-corrected chi connectivity index (χ1v) is 10.7. The highest BCUT2D eigenvalue weighted by atomic mass is 16.6. The summed E-state index contributed by atoms with van der Waals surface area (Å²) in [4.78, 5) is 11.5. The molecule has 0 saturated carbocycles. The molecule has 1 unspecified atom stereocenters. The van der Waals surface area contributed by atoms with Crippen LogP contribution in [0.5, 0.6) is 0 Å². The third-order valence-corrected chi connectivity index (χ3v) is 4.75. The fraction of sp³-hybridized carbons (Fsp3) is 0.864. The normalized spacial score (nSPS) is 16.4. The number of rotatable bonds is 18. The van der Waals surface area contributed by atoms with Gasteiger partial charge in [0.2, 0.25) is 0 Å². The maximum atomic E-state index is 11.5. The summed E-state index contributed by atoms with van der Waals surface area (Å²) in [5.74, 6) is -0.0433. The van der Waals surface area contributed by atoms with Crippen molar-refractivity contribution in [3.8, 4) is 0 Å². The van der Waals surface area contributed by atoms with Crippen LogP contribution >= 0.6 is 0 Å². The zero-order chi connectivity index (χ0) is 18.0. The van der Waals surface area contributed by atoms with E-state index in [1.165, 1.54) is 70.6 Å². The van der Waals surface area contributed by atoms with Crippen LogP contribution in [0.3, 0.4) is 0 Å². The third-order valence-electron chi connectivity index (χ3n) is 4.75. The van der Waals surface area contributed by atoms with Crippen LogP contribution in [0.4, 0.5) is 0 Å². The van der Waals surface area contributed by atoms with Gasteiger partial charge in [0.25, 0.3) is 0 Å². The number of epoxide rings is 1. The molecule has 0 amide bonds. The van der Waals surface area contributed by atoms with Crippen LogP contribution in [-0.2, 0) is 14.3 Å². The Labute approximate surface area is 155 Å². The number of hydrogen-bond acceptors (Lipinski definition) is 3. The molecule has 146 valence electrons. The molecule has 1 atom stereocenters. The van der Waals surface area contributed by atoms with E-state index in [0.29, 0.717) is 19.1 Å².